The molecule has 0 fully saturated rings. The summed E-state index contributed by atoms with van der Waals surface area (Å²) in [6.07, 6.45) is 3.41. The van der Waals surface area contributed by atoms with Crippen LogP contribution in [-0.2, 0) is 24.7 Å². The lowest BCUT2D eigenvalue weighted by Crippen LogP contribution is -2.51. The zero-order valence-corrected chi connectivity index (χ0v) is 17.8. The molecule has 3 atom stereocenters. The molecule has 2 heteroatoms. The van der Waals surface area contributed by atoms with Crippen LogP contribution < -0.4 is 4.74 Å². The van der Waals surface area contributed by atoms with Crippen molar-refractivity contribution in [3.05, 3.63) is 101 Å². The predicted molar refractivity (Wildman–Crippen MR) is 119 cm³/mol. The van der Waals surface area contributed by atoms with Gasteiger partial charge in [0.25, 0.3) is 0 Å². The van der Waals surface area contributed by atoms with Gasteiger partial charge in [-0.2, -0.15) is 0 Å². The van der Waals surface area contributed by atoms with E-state index in [1.807, 2.05) is 0 Å². The smallest absolute Gasteiger partial charge is 0.118 e. The lowest BCUT2D eigenvalue weighted by atomic mass is 9.50. The number of halogens is 1. The summed E-state index contributed by atoms with van der Waals surface area (Å²) in [4.78, 5) is 0. The van der Waals surface area contributed by atoms with Gasteiger partial charge in [-0.15, -0.1) is 0 Å². The molecular formula is C26H25BrO. The molecule has 5 rings (SSSR count). The maximum atomic E-state index is 5.45. The monoisotopic (exact) mass is 432 g/mol. The zero-order chi connectivity index (χ0) is 19.1. The lowest BCUT2D eigenvalue weighted by molar-refractivity contribution is 0.190. The third kappa shape index (κ3) is 2.65. The Morgan fingerprint density at radius 1 is 0.857 bits per heavy atom. The van der Waals surface area contributed by atoms with Gasteiger partial charge in [0.1, 0.15) is 5.75 Å². The fourth-order valence-electron chi connectivity index (χ4n) is 5.76. The van der Waals surface area contributed by atoms with Gasteiger partial charge in [0.15, 0.2) is 0 Å². The van der Waals surface area contributed by atoms with E-state index in [0.717, 1.165) is 30.3 Å². The van der Waals surface area contributed by atoms with Gasteiger partial charge >= 0.3 is 0 Å². The summed E-state index contributed by atoms with van der Waals surface area (Å²) in [6, 6.07) is 27.0. The number of rotatable bonds is 3. The molecule has 0 aromatic heterocycles. The molecular weight excluding hydrogens is 408 g/mol. The molecule has 0 N–H and O–H groups in total. The fourth-order valence-corrected chi connectivity index (χ4v) is 6.69. The van der Waals surface area contributed by atoms with Gasteiger partial charge in [-0.3, -0.25) is 0 Å². The summed E-state index contributed by atoms with van der Waals surface area (Å²) in [7, 11) is 1.74. The molecule has 142 valence electrons. The molecule has 2 aliphatic carbocycles. The first-order valence-corrected chi connectivity index (χ1v) is 11.2. The second kappa shape index (κ2) is 7.08. The minimum absolute atomic E-state index is 0.110. The SMILES string of the molecule is COc1ccc([C@]23Cc4ccccc4C[C@H]2Cc2ccccc2[C@H]3CBr)cc1. The van der Waals surface area contributed by atoms with E-state index >= 15 is 0 Å². The molecule has 0 radical (unpaired) electrons. The van der Waals surface area contributed by atoms with E-state index in [2.05, 4.69) is 88.7 Å². The van der Waals surface area contributed by atoms with Crippen LogP contribution in [0.4, 0.5) is 0 Å². The molecule has 1 nitrogen and oxygen atoms in total. The Balaban J connectivity index is 1.73. The van der Waals surface area contributed by atoms with Crippen molar-refractivity contribution in [2.75, 3.05) is 12.4 Å². The molecule has 0 unspecified atom stereocenters. The molecule has 2 aliphatic rings. The van der Waals surface area contributed by atoms with Crippen molar-refractivity contribution in [2.45, 2.75) is 30.6 Å². The minimum atomic E-state index is 0.110. The summed E-state index contributed by atoms with van der Waals surface area (Å²) in [5.41, 5.74) is 7.65. The Labute approximate surface area is 175 Å². The van der Waals surface area contributed by atoms with Crippen LogP contribution in [0.2, 0.25) is 0 Å². The van der Waals surface area contributed by atoms with Crippen LogP contribution in [0.5, 0.6) is 5.75 Å². The number of fused-ring (bicyclic) bond motifs is 3. The van der Waals surface area contributed by atoms with Crippen molar-refractivity contribution in [2.24, 2.45) is 5.92 Å². The Morgan fingerprint density at radius 2 is 1.50 bits per heavy atom. The Morgan fingerprint density at radius 3 is 2.21 bits per heavy atom. The van der Waals surface area contributed by atoms with Crippen molar-refractivity contribution in [3.8, 4) is 5.75 Å². The van der Waals surface area contributed by atoms with Crippen molar-refractivity contribution >= 4 is 15.9 Å². The van der Waals surface area contributed by atoms with Crippen LogP contribution in [0.25, 0.3) is 0 Å². The summed E-state index contributed by atoms with van der Waals surface area (Å²) in [5, 5.41) is 0.981. The van der Waals surface area contributed by atoms with Crippen LogP contribution in [0.1, 0.15) is 33.7 Å². The van der Waals surface area contributed by atoms with E-state index in [-0.39, 0.29) is 5.41 Å². The highest BCUT2D eigenvalue weighted by atomic mass is 79.9. The van der Waals surface area contributed by atoms with E-state index < -0.39 is 0 Å². The molecule has 0 saturated carbocycles. The van der Waals surface area contributed by atoms with Gasteiger partial charge in [0.2, 0.25) is 0 Å². The second-order valence-electron chi connectivity index (χ2n) is 8.23. The van der Waals surface area contributed by atoms with Gasteiger partial charge in [0, 0.05) is 16.7 Å². The van der Waals surface area contributed by atoms with Gasteiger partial charge in [-0.05, 0) is 65.1 Å². The first kappa shape index (κ1) is 18.0. The van der Waals surface area contributed by atoms with E-state index in [1.165, 1.54) is 27.8 Å². The molecule has 0 saturated heterocycles. The molecule has 0 bridgehead atoms. The maximum absolute atomic E-state index is 5.45. The molecule has 0 heterocycles. The summed E-state index contributed by atoms with van der Waals surface area (Å²) in [6.45, 7) is 0. The van der Waals surface area contributed by atoms with Gasteiger partial charge in [0.05, 0.1) is 7.11 Å². The number of hydrogen-bond donors (Lipinski definition) is 0. The molecule has 28 heavy (non-hydrogen) atoms. The van der Waals surface area contributed by atoms with Gasteiger partial charge in [-0.25, -0.2) is 0 Å². The highest BCUT2D eigenvalue weighted by Crippen LogP contribution is 2.56. The highest BCUT2D eigenvalue weighted by Gasteiger charge is 2.52. The minimum Gasteiger partial charge on any atom is -0.497 e. The molecule has 0 aliphatic heterocycles. The van der Waals surface area contributed by atoms with Crippen LogP contribution >= 0.6 is 15.9 Å². The van der Waals surface area contributed by atoms with Crippen LogP contribution in [0.3, 0.4) is 0 Å². The number of benzene rings is 3. The second-order valence-corrected chi connectivity index (χ2v) is 8.87. The van der Waals surface area contributed by atoms with Crippen LogP contribution in [0.15, 0.2) is 72.8 Å². The van der Waals surface area contributed by atoms with Crippen LogP contribution in [0, 0.1) is 5.92 Å². The van der Waals surface area contributed by atoms with Crippen molar-refractivity contribution < 1.29 is 4.74 Å². The molecule has 0 amide bonds. The van der Waals surface area contributed by atoms with Crippen molar-refractivity contribution in [1.82, 2.24) is 0 Å². The van der Waals surface area contributed by atoms with E-state index in [9.17, 15) is 0 Å². The third-order valence-electron chi connectivity index (χ3n) is 7.10. The standard InChI is InChI=1S/C26H25BrO/c1-28-23-12-10-21(11-13-23)26-16-20-8-3-2-6-18(20)14-22(26)15-19-7-4-5-9-24(19)25(26)17-27/h2-13,22,25H,14-17H2,1H3/t22-,25+,26+/m0/s1. The Bertz CT molecular complexity index is 993. The van der Waals surface area contributed by atoms with Crippen LogP contribution in [-0.4, -0.2) is 12.4 Å². The maximum Gasteiger partial charge on any atom is 0.118 e. The van der Waals surface area contributed by atoms with E-state index in [0.29, 0.717) is 11.8 Å². The van der Waals surface area contributed by atoms with Crippen molar-refractivity contribution in [3.63, 3.8) is 0 Å². The summed E-state index contributed by atoms with van der Waals surface area (Å²) >= 11 is 3.92. The average Bonchev–Trinajstić information content (AvgIpc) is 2.76. The first-order valence-electron chi connectivity index (χ1n) is 10.1. The number of ether oxygens (including phenoxy) is 1. The van der Waals surface area contributed by atoms with Gasteiger partial charge in [-0.1, -0.05) is 76.6 Å². The Hall–Kier alpha value is -2.06. The largest absolute Gasteiger partial charge is 0.497 e. The normalized spacial score (nSPS) is 25.4. The number of hydrogen-bond acceptors (Lipinski definition) is 1. The summed E-state index contributed by atoms with van der Waals surface area (Å²) in [5.74, 6) is 2.00. The van der Waals surface area contributed by atoms with Crippen molar-refractivity contribution in [1.29, 1.82) is 0 Å². The highest BCUT2D eigenvalue weighted by molar-refractivity contribution is 9.09. The van der Waals surface area contributed by atoms with E-state index in [4.69, 9.17) is 4.74 Å². The molecule has 3 aromatic carbocycles. The quantitative estimate of drug-likeness (QED) is 0.455. The molecule has 0 spiro atoms. The topological polar surface area (TPSA) is 9.23 Å². The number of alkyl halides is 1. The lowest BCUT2D eigenvalue weighted by Gasteiger charge is -2.53. The summed E-state index contributed by atoms with van der Waals surface area (Å²) < 4.78 is 5.45. The average molecular weight is 433 g/mol. The number of methoxy groups -OCH3 is 1. The molecule has 3 aromatic rings. The fraction of sp³-hybridized carbons (Fsp3) is 0.308. The Kier molecular flexibility index (Phi) is 4.55. The van der Waals surface area contributed by atoms with E-state index in [1.54, 1.807) is 7.11 Å². The van der Waals surface area contributed by atoms with Gasteiger partial charge < -0.3 is 4.74 Å². The third-order valence-corrected chi connectivity index (χ3v) is 7.74. The predicted octanol–water partition coefficient (Wildman–Crippen LogP) is 6.08. The first-order chi connectivity index (χ1) is 13.8. The zero-order valence-electron chi connectivity index (χ0n) is 16.2.